The number of fused-ring (bicyclic) bond motifs is 1. The number of rotatable bonds is 4. The second-order valence-corrected chi connectivity index (χ2v) is 7.33. The molecule has 3 aliphatic rings. The zero-order valence-electron chi connectivity index (χ0n) is 12.9. The van der Waals surface area contributed by atoms with Gasteiger partial charge in [-0.3, -0.25) is 10.1 Å². The molecule has 3 N–H and O–H groups in total. The highest BCUT2D eigenvalue weighted by molar-refractivity contribution is 5.81. The summed E-state index contributed by atoms with van der Waals surface area (Å²) >= 11 is 0. The molecule has 0 aromatic heterocycles. The molecule has 24 heavy (non-hydrogen) atoms. The van der Waals surface area contributed by atoms with Gasteiger partial charge < -0.3 is 5.73 Å². The predicted octanol–water partition coefficient (Wildman–Crippen LogP) is 2.94. The average Bonchev–Trinajstić information content (AvgIpc) is 3.40. The topological polar surface area (TPSA) is 55.1 Å². The molecule has 2 aliphatic carbocycles. The Morgan fingerprint density at radius 1 is 1.33 bits per heavy atom. The number of carbonyl (C=O) groups is 1. The summed E-state index contributed by atoms with van der Waals surface area (Å²) < 4.78 is 52.8. The molecule has 2 saturated carbocycles. The zero-order chi connectivity index (χ0) is 17.3. The maximum atomic E-state index is 14.5. The summed E-state index contributed by atoms with van der Waals surface area (Å²) in [6.45, 7) is 0. The molecular formula is C17H18F4N2O. The number of halogens is 4. The van der Waals surface area contributed by atoms with Crippen LogP contribution in [0.5, 0.6) is 0 Å². The highest BCUT2D eigenvalue weighted by Gasteiger charge is 2.67. The quantitative estimate of drug-likeness (QED) is 0.827. The second-order valence-electron chi connectivity index (χ2n) is 7.33. The van der Waals surface area contributed by atoms with Gasteiger partial charge in [0.25, 0.3) is 0 Å². The van der Waals surface area contributed by atoms with E-state index in [9.17, 15) is 22.4 Å². The fraction of sp³-hybridized carbons (Fsp3) is 0.588. The van der Waals surface area contributed by atoms with Crippen molar-refractivity contribution in [1.29, 1.82) is 0 Å². The number of nitrogens with two attached hydrogens (primary N) is 1. The molecule has 1 aliphatic heterocycles. The summed E-state index contributed by atoms with van der Waals surface area (Å²) in [4.78, 5) is 11.4. The van der Waals surface area contributed by atoms with Crippen molar-refractivity contribution in [3.8, 4) is 0 Å². The van der Waals surface area contributed by atoms with Gasteiger partial charge in [-0.1, -0.05) is 6.07 Å². The molecule has 1 aromatic rings. The number of alkyl halides is 3. The van der Waals surface area contributed by atoms with Crippen molar-refractivity contribution in [1.82, 2.24) is 5.32 Å². The monoisotopic (exact) mass is 342 g/mol. The number of amides is 1. The number of piperidine rings is 1. The van der Waals surface area contributed by atoms with Gasteiger partial charge in [0, 0.05) is 11.5 Å². The van der Waals surface area contributed by atoms with Crippen LogP contribution in [0.15, 0.2) is 18.2 Å². The Labute approximate surface area is 136 Å². The highest BCUT2D eigenvalue weighted by Crippen LogP contribution is 2.64. The van der Waals surface area contributed by atoms with E-state index in [1.165, 1.54) is 6.07 Å². The zero-order valence-corrected chi connectivity index (χ0v) is 12.9. The minimum Gasteiger partial charge on any atom is -0.368 e. The van der Waals surface area contributed by atoms with Crippen molar-refractivity contribution >= 4 is 5.91 Å². The lowest BCUT2D eigenvalue weighted by Gasteiger charge is -2.29. The molecule has 0 bridgehead atoms. The maximum absolute atomic E-state index is 14.5. The predicted molar refractivity (Wildman–Crippen MR) is 78.4 cm³/mol. The van der Waals surface area contributed by atoms with Gasteiger partial charge in [-0.25, -0.2) is 4.39 Å². The first-order valence-electron chi connectivity index (χ1n) is 8.16. The second kappa shape index (κ2) is 4.94. The SMILES string of the molecule is NC(=O)C1CC2CC2([C@@H](c2ccc(C(F)(F)F)cc2F)C2CC2)N1. The van der Waals surface area contributed by atoms with Crippen LogP contribution in [0.2, 0.25) is 0 Å². The molecular weight excluding hydrogens is 324 g/mol. The van der Waals surface area contributed by atoms with Crippen molar-refractivity contribution < 1.29 is 22.4 Å². The van der Waals surface area contributed by atoms with E-state index in [1.54, 1.807) is 0 Å². The molecule has 1 heterocycles. The molecule has 1 aromatic carbocycles. The standard InChI is InChI=1S/C17H18F4N2O/c18-12-5-9(17(19,20)21)3-4-11(12)14(8-1-2-8)16-7-10(16)6-13(23-16)15(22)24/h3-5,8,10,13-14,23H,1-2,6-7H2,(H2,22,24)/t10?,13?,14-,16?/m1/s1. The van der Waals surface area contributed by atoms with Crippen LogP contribution in [0.25, 0.3) is 0 Å². The molecule has 130 valence electrons. The highest BCUT2D eigenvalue weighted by atomic mass is 19.4. The van der Waals surface area contributed by atoms with Gasteiger partial charge in [0.05, 0.1) is 11.6 Å². The third kappa shape index (κ3) is 2.41. The fourth-order valence-electron chi connectivity index (χ4n) is 4.48. The van der Waals surface area contributed by atoms with Crippen LogP contribution in [0, 0.1) is 17.7 Å². The van der Waals surface area contributed by atoms with Gasteiger partial charge in [-0.2, -0.15) is 13.2 Å². The van der Waals surface area contributed by atoms with E-state index in [0.717, 1.165) is 25.3 Å². The first kappa shape index (κ1) is 15.9. The number of benzene rings is 1. The van der Waals surface area contributed by atoms with E-state index in [0.29, 0.717) is 18.1 Å². The van der Waals surface area contributed by atoms with Crippen LogP contribution < -0.4 is 11.1 Å². The number of carbonyl (C=O) groups excluding carboxylic acids is 1. The van der Waals surface area contributed by atoms with Crippen LogP contribution in [0.4, 0.5) is 17.6 Å². The Morgan fingerprint density at radius 2 is 2.04 bits per heavy atom. The minimum absolute atomic E-state index is 0.200. The van der Waals surface area contributed by atoms with E-state index in [-0.39, 0.29) is 23.3 Å². The third-order valence-corrected chi connectivity index (χ3v) is 5.77. The molecule has 3 unspecified atom stereocenters. The van der Waals surface area contributed by atoms with E-state index in [4.69, 9.17) is 5.73 Å². The lowest BCUT2D eigenvalue weighted by atomic mass is 9.83. The third-order valence-electron chi connectivity index (χ3n) is 5.77. The summed E-state index contributed by atoms with van der Waals surface area (Å²) in [6.07, 6.45) is -1.25. The van der Waals surface area contributed by atoms with Crippen molar-refractivity contribution in [3.63, 3.8) is 0 Å². The molecule has 7 heteroatoms. The van der Waals surface area contributed by atoms with E-state index in [2.05, 4.69) is 5.32 Å². The van der Waals surface area contributed by atoms with Gasteiger partial charge >= 0.3 is 6.18 Å². The Bertz CT molecular complexity index is 700. The summed E-state index contributed by atoms with van der Waals surface area (Å²) in [5.41, 5.74) is 4.33. The van der Waals surface area contributed by atoms with Gasteiger partial charge in [-0.05, 0) is 55.2 Å². The first-order chi connectivity index (χ1) is 11.2. The van der Waals surface area contributed by atoms with Gasteiger partial charge in [0.1, 0.15) is 5.82 Å². The van der Waals surface area contributed by atoms with Crippen molar-refractivity contribution in [2.45, 2.75) is 49.4 Å². The van der Waals surface area contributed by atoms with Crippen LogP contribution >= 0.6 is 0 Å². The summed E-state index contributed by atoms with van der Waals surface area (Å²) in [5, 5.41) is 3.27. The molecule has 0 spiro atoms. The lowest BCUT2D eigenvalue weighted by molar-refractivity contribution is -0.137. The van der Waals surface area contributed by atoms with Gasteiger partial charge in [-0.15, -0.1) is 0 Å². The number of hydrogen-bond acceptors (Lipinski definition) is 2. The van der Waals surface area contributed by atoms with Crippen LogP contribution in [0.1, 0.15) is 42.7 Å². The Balaban J connectivity index is 1.67. The molecule has 4 rings (SSSR count). The Kier molecular flexibility index (Phi) is 3.27. The Morgan fingerprint density at radius 3 is 2.54 bits per heavy atom. The number of hydrogen-bond donors (Lipinski definition) is 2. The molecule has 1 saturated heterocycles. The Hall–Kier alpha value is -1.63. The molecule has 0 radical (unpaired) electrons. The van der Waals surface area contributed by atoms with E-state index in [1.807, 2.05) is 0 Å². The van der Waals surface area contributed by atoms with Crippen molar-refractivity contribution in [3.05, 3.63) is 35.1 Å². The maximum Gasteiger partial charge on any atom is 0.416 e. The molecule has 3 nitrogen and oxygen atoms in total. The van der Waals surface area contributed by atoms with Crippen LogP contribution in [-0.4, -0.2) is 17.5 Å². The summed E-state index contributed by atoms with van der Waals surface area (Å²) in [5.74, 6) is -0.952. The molecule has 4 atom stereocenters. The fourth-order valence-corrected chi connectivity index (χ4v) is 4.48. The minimum atomic E-state index is -4.56. The number of nitrogens with one attached hydrogen (secondary N) is 1. The lowest BCUT2D eigenvalue weighted by Crippen LogP contribution is -2.46. The van der Waals surface area contributed by atoms with Crippen molar-refractivity contribution in [2.24, 2.45) is 17.6 Å². The first-order valence-corrected chi connectivity index (χ1v) is 8.16. The van der Waals surface area contributed by atoms with E-state index >= 15 is 0 Å². The van der Waals surface area contributed by atoms with Gasteiger partial charge in [0.2, 0.25) is 5.91 Å². The largest absolute Gasteiger partial charge is 0.416 e. The normalized spacial score (nSPS) is 33.2. The summed E-state index contributed by atoms with van der Waals surface area (Å²) in [6, 6.07) is 2.37. The van der Waals surface area contributed by atoms with Crippen LogP contribution in [0.3, 0.4) is 0 Å². The molecule has 1 amide bonds. The van der Waals surface area contributed by atoms with Gasteiger partial charge in [0.15, 0.2) is 0 Å². The smallest absolute Gasteiger partial charge is 0.368 e. The van der Waals surface area contributed by atoms with Crippen LogP contribution in [-0.2, 0) is 11.0 Å². The number of primary amides is 1. The van der Waals surface area contributed by atoms with Crippen molar-refractivity contribution in [2.75, 3.05) is 0 Å². The average molecular weight is 342 g/mol. The summed E-state index contributed by atoms with van der Waals surface area (Å²) in [7, 11) is 0. The van der Waals surface area contributed by atoms with E-state index < -0.39 is 29.5 Å². The molecule has 3 fully saturated rings.